The van der Waals surface area contributed by atoms with Crippen LogP contribution in [0.25, 0.3) is 0 Å². The maximum absolute atomic E-state index is 12.5. The second-order valence-corrected chi connectivity index (χ2v) is 23.6. The van der Waals surface area contributed by atoms with Gasteiger partial charge >= 0.3 is 5.97 Å². The van der Waals surface area contributed by atoms with Crippen molar-refractivity contribution >= 4 is 67.1 Å². The average molecular weight is 1140 g/mol. The molecule has 0 atom stereocenters. The summed E-state index contributed by atoms with van der Waals surface area (Å²) in [5.74, 6) is -0.841. The number of imide groups is 1. The number of hydroxylamine groups is 3. The zero-order chi connectivity index (χ0) is 56.6. The molecule has 3 aromatic rings. The lowest BCUT2D eigenvalue weighted by atomic mass is 9.80. The number of rotatable bonds is 26. The molecule has 78 heavy (non-hydrogen) atoms. The summed E-state index contributed by atoms with van der Waals surface area (Å²) in [6, 6.07) is 12.2. The van der Waals surface area contributed by atoms with Gasteiger partial charge in [0.1, 0.15) is 18.6 Å². The Morgan fingerprint density at radius 2 is 1.37 bits per heavy atom. The topological polar surface area (TPSA) is 264 Å². The van der Waals surface area contributed by atoms with E-state index >= 15 is 0 Å². The second kappa shape index (κ2) is 25.7. The van der Waals surface area contributed by atoms with Crippen LogP contribution in [0.3, 0.4) is 0 Å². The highest BCUT2D eigenvalue weighted by molar-refractivity contribution is 7.94. The summed E-state index contributed by atoms with van der Waals surface area (Å²) in [6.45, 7) is 13.6. The number of carbonyl (C=O) groups excluding carboxylic acids is 3. The summed E-state index contributed by atoms with van der Waals surface area (Å²) in [4.78, 5) is 46.8. The lowest BCUT2D eigenvalue weighted by Gasteiger charge is -2.27. The minimum atomic E-state index is -4.58. The molecule has 0 aromatic heterocycles. The second-order valence-electron chi connectivity index (χ2n) is 20.0. The predicted molar refractivity (Wildman–Crippen MR) is 285 cm³/mol. The van der Waals surface area contributed by atoms with Gasteiger partial charge in [-0.05, 0) is 143 Å². The molecule has 7 rings (SSSR count). The van der Waals surface area contributed by atoms with E-state index in [-0.39, 0.29) is 55.5 Å². The molecule has 0 spiro atoms. The molecule has 3 heterocycles. The van der Waals surface area contributed by atoms with Crippen molar-refractivity contribution in [1.82, 2.24) is 5.06 Å². The quantitative estimate of drug-likeness (QED) is 0.0129. The van der Waals surface area contributed by atoms with Crippen LogP contribution in [-0.4, -0.2) is 118 Å². The van der Waals surface area contributed by atoms with Crippen LogP contribution in [0.2, 0.25) is 0 Å². The normalized spacial score (nSPS) is 18.3. The highest BCUT2D eigenvalue weighted by Gasteiger charge is 2.45. The first-order valence-electron chi connectivity index (χ1n) is 25.3. The summed E-state index contributed by atoms with van der Waals surface area (Å²) in [5.41, 5.74) is 6.75. The van der Waals surface area contributed by atoms with E-state index < -0.39 is 48.8 Å². The van der Waals surface area contributed by atoms with Crippen molar-refractivity contribution in [2.75, 3.05) is 58.4 Å². The van der Waals surface area contributed by atoms with Crippen molar-refractivity contribution < 1.29 is 88.2 Å². The fourth-order valence-electron chi connectivity index (χ4n) is 9.85. The predicted octanol–water partition coefficient (Wildman–Crippen LogP) is 8.67. The minimum Gasteiger partial charge on any atom is -0.457 e. The van der Waals surface area contributed by atoms with E-state index in [1.165, 1.54) is 36.4 Å². The molecule has 422 valence electrons. The first kappa shape index (κ1) is 60.0. The highest BCUT2D eigenvalue weighted by Crippen LogP contribution is 2.51. The molecule has 1 fully saturated rings. The Balaban J connectivity index is 1.06. The molecule has 2 amide bonds. The van der Waals surface area contributed by atoms with Gasteiger partial charge in [0, 0.05) is 53.4 Å². The number of unbranched alkanes of at least 4 members (excludes halogenated alkanes) is 1. The van der Waals surface area contributed by atoms with Crippen LogP contribution in [0.1, 0.15) is 101 Å². The number of anilines is 1. The Morgan fingerprint density at radius 3 is 2.01 bits per heavy atom. The number of hydrogen-bond acceptors (Lipinski definition) is 18. The first-order chi connectivity index (χ1) is 36.9. The summed E-state index contributed by atoms with van der Waals surface area (Å²) in [7, 11) is -7.05. The molecule has 3 aliphatic heterocycles. The number of hydrogen-bond donors (Lipinski definition) is 3. The molecule has 0 radical (unpaired) electrons. The fourth-order valence-corrected chi connectivity index (χ4v) is 11.4. The summed E-state index contributed by atoms with van der Waals surface area (Å²) in [5, 5.41) is 14.9. The molecular weight excluding hydrogens is 1070 g/mol. The van der Waals surface area contributed by atoms with E-state index in [1.54, 1.807) is 12.0 Å². The number of fused-ring (bicyclic) bond motifs is 2. The Labute approximate surface area is 458 Å². The van der Waals surface area contributed by atoms with E-state index in [0.717, 1.165) is 57.0 Å². The van der Waals surface area contributed by atoms with Crippen molar-refractivity contribution in [2.24, 2.45) is 0 Å². The van der Waals surface area contributed by atoms with Crippen LogP contribution in [0.5, 0.6) is 5.75 Å². The first-order valence-corrected chi connectivity index (χ1v) is 28.9. The van der Waals surface area contributed by atoms with Gasteiger partial charge in [0.15, 0.2) is 5.71 Å². The van der Waals surface area contributed by atoms with Gasteiger partial charge in [-0.25, -0.2) is 15.1 Å². The maximum atomic E-state index is 12.5. The highest BCUT2D eigenvalue weighted by atomic mass is 32.2. The van der Waals surface area contributed by atoms with Crippen LogP contribution in [0.15, 0.2) is 110 Å². The zero-order valence-electron chi connectivity index (χ0n) is 44.6. The fraction of sp³-hybridized carbons (Fsp3) is 0.444. The zero-order valence-corrected chi connectivity index (χ0v) is 47.0. The van der Waals surface area contributed by atoms with Gasteiger partial charge in [0.2, 0.25) is 5.69 Å². The number of allylic oxidation sites excluding steroid dienone is 7. The summed E-state index contributed by atoms with van der Waals surface area (Å²) in [6.07, 6.45) is 11.0. The average Bonchev–Trinajstić information content (AvgIpc) is 4.05. The summed E-state index contributed by atoms with van der Waals surface area (Å²) < 4.78 is 99.4. The molecule has 21 nitrogen and oxygen atoms in total. The number of benzene rings is 3. The van der Waals surface area contributed by atoms with E-state index in [4.69, 9.17) is 38.2 Å². The van der Waals surface area contributed by atoms with Crippen molar-refractivity contribution in [1.29, 1.82) is 0 Å². The minimum absolute atomic E-state index is 0.0352. The summed E-state index contributed by atoms with van der Waals surface area (Å²) >= 11 is 0.893. The van der Waals surface area contributed by atoms with Crippen LogP contribution in [0, 0.1) is 13.8 Å². The van der Waals surface area contributed by atoms with Gasteiger partial charge < -0.3 is 23.8 Å². The number of carbonyl (C=O) groups is 3. The third kappa shape index (κ3) is 14.2. The Kier molecular flexibility index (Phi) is 19.8. The molecule has 0 saturated carbocycles. The third-order valence-corrected chi connectivity index (χ3v) is 16.0. The van der Waals surface area contributed by atoms with Crippen molar-refractivity contribution in [2.45, 2.75) is 118 Å². The Bertz CT molecular complexity index is 3150. The van der Waals surface area contributed by atoms with Gasteiger partial charge in [-0.2, -0.15) is 21.4 Å². The van der Waals surface area contributed by atoms with Gasteiger partial charge in [0.25, 0.3) is 32.1 Å². The van der Waals surface area contributed by atoms with Crippen LogP contribution in [0.4, 0.5) is 11.4 Å². The van der Waals surface area contributed by atoms with E-state index in [2.05, 4.69) is 29.5 Å². The van der Waals surface area contributed by atoms with E-state index in [0.29, 0.717) is 84.6 Å². The monoisotopic (exact) mass is 1140 g/mol. The number of ether oxygens (including phenoxy) is 4. The van der Waals surface area contributed by atoms with Crippen molar-refractivity contribution in [3.8, 4) is 5.75 Å². The molecule has 0 bridgehead atoms. The van der Waals surface area contributed by atoms with Crippen LogP contribution in [-0.2, 0) is 78.7 Å². The molecule has 1 aliphatic carbocycles. The molecule has 4 aliphatic rings. The lowest BCUT2D eigenvalue weighted by Crippen LogP contribution is -2.31. The molecule has 24 heteroatoms. The molecule has 3 aromatic carbocycles. The molecule has 3 N–H and O–H groups in total. The number of nitrogens with zero attached hydrogens (tertiary/aromatic N) is 3. The van der Waals surface area contributed by atoms with Gasteiger partial charge in [0.05, 0.1) is 78.3 Å². The van der Waals surface area contributed by atoms with Gasteiger partial charge in [-0.3, -0.25) is 23.5 Å². The standard InChI is InChI=1S/C54H65N3O18S3/c1-35-31-40(76-75-74-61)33-43-50(35)55(7)45(53(43,3)4)20-14-37-11-10-12-38(52(37)72-39-16-18-41(19-17-39)77(62,63)64)15-21-46-54(5,6)44-34-42(78(65,66)67)32-36(2)51(44)56(46)71-30-29-70-28-27-69-26-25-68-24-9-8-13-49(60)73-57-47(58)22-23-48(57)59/h14-21,31-34H,8-13,22-30H2,1-7H3,(H2-,61,62,63,64,65,66,67)/p+1. The smallest absolute Gasteiger partial charge is 0.333 e. The SMILES string of the molecule is Cc1cc(S(=O)(=O)O)cc2c1N(OCCOCCOCCOCCCCC(=O)ON1C(=O)CCC1=O)/C(=C/C=C1\CCCC(/C=C/C3=[N+](C)c4c(C)cc(SOOO)cc4C3(C)C)=C1Oc1ccc(S(=O)(=O)O)cc1)C2(C)C. The largest absolute Gasteiger partial charge is 0.457 e. The van der Waals surface area contributed by atoms with Crippen molar-refractivity contribution in [3.63, 3.8) is 0 Å². The third-order valence-electron chi connectivity index (χ3n) is 13.8. The van der Waals surface area contributed by atoms with Crippen LogP contribution < -0.4 is 9.80 Å². The Hall–Kier alpha value is -5.61. The van der Waals surface area contributed by atoms with Crippen LogP contribution >= 0.6 is 12.0 Å². The van der Waals surface area contributed by atoms with Crippen molar-refractivity contribution in [3.05, 3.63) is 118 Å². The number of aryl methyl sites for hydroxylation is 2. The molecule has 0 unspecified atom stereocenters. The lowest BCUT2D eigenvalue weighted by molar-refractivity contribution is -0.432. The number of amides is 2. The Morgan fingerprint density at radius 1 is 0.731 bits per heavy atom. The maximum Gasteiger partial charge on any atom is 0.333 e. The van der Waals surface area contributed by atoms with Gasteiger partial charge in [-0.1, -0.05) is 25.0 Å². The van der Waals surface area contributed by atoms with E-state index in [1.807, 2.05) is 58.2 Å². The van der Waals surface area contributed by atoms with E-state index in [9.17, 15) is 40.3 Å². The molecule has 1 saturated heterocycles. The molecular formula is C54H66N3O18S3+. The van der Waals surface area contributed by atoms with Gasteiger partial charge in [-0.15, -0.1) is 9.40 Å².